The molecule has 8 heavy (non-hydrogen) atoms. The van der Waals surface area contributed by atoms with Crippen LogP contribution >= 0.6 is 11.8 Å². The SMILES string of the molecule is CC[C]1CNCCS1. The minimum absolute atomic E-state index is 1.14. The lowest BCUT2D eigenvalue weighted by atomic mass is 10.3. The fourth-order valence-electron chi connectivity index (χ4n) is 0.773. The number of rotatable bonds is 1. The Bertz CT molecular complexity index is 59.5. The molecule has 2 heteroatoms. The Morgan fingerprint density at radius 3 is 3.00 bits per heavy atom. The third-order valence-electron chi connectivity index (χ3n) is 1.30. The number of thioether (sulfide) groups is 1. The smallest absolute Gasteiger partial charge is 0.0440 e. The second-order valence-electron chi connectivity index (χ2n) is 1.92. The van der Waals surface area contributed by atoms with E-state index in [0.717, 1.165) is 6.54 Å². The number of nitrogens with one attached hydrogen (secondary N) is 1. The first-order valence-electron chi connectivity index (χ1n) is 3.11. The Hall–Kier alpha value is 0.310. The highest BCUT2D eigenvalue weighted by Crippen LogP contribution is 2.23. The molecule has 0 atom stereocenters. The monoisotopic (exact) mass is 130 g/mol. The molecular weight excluding hydrogens is 118 g/mol. The fraction of sp³-hybridized carbons (Fsp3) is 0.833. The van der Waals surface area contributed by atoms with Crippen LogP contribution in [0.25, 0.3) is 0 Å². The van der Waals surface area contributed by atoms with E-state index in [4.69, 9.17) is 0 Å². The molecule has 1 aliphatic rings. The second kappa shape index (κ2) is 3.36. The van der Waals surface area contributed by atoms with Crippen LogP contribution in [-0.4, -0.2) is 18.8 Å². The third kappa shape index (κ3) is 1.67. The van der Waals surface area contributed by atoms with E-state index in [0.29, 0.717) is 0 Å². The molecule has 1 radical (unpaired) electrons. The van der Waals surface area contributed by atoms with Crippen LogP contribution < -0.4 is 5.32 Å². The summed E-state index contributed by atoms with van der Waals surface area (Å²) in [6, 6.07) is 0. The first-order valence-corrected chi connectivity index (χ1v) is 4.10. The van der Waals surface area contributed by atoms with Crippen LogP contribution in [0.5, 0.6) is 0 Å². The standard InChI is InChI=1S/C6H12NS/c1-2-6-5-7-3-4-8-6/h7H,2-5H2,1H3. The molecule has 1 heterocycles. The van der Waals surface area contributed by atoms with Crippen molar-refractivity contribution in [3.63, 3.8) is 0 Å². The first-order chi connectivity index (χ1) is 3.93. The molecule has 1 N–H and O–H groups in total. The molecule has 1 nitrogen and oxygen atoms in total. The van der Waals surface area contributed by atoms with Gasteiger partial charge in [0, 0.05) is 24.1 Å². The summed E-state index contributed by atoms with van der Waals surface area (Å²) in [5.74, 6) is 1.27. The average molecular weight is 130 g/mol. The molecule has 0 bridgehead atoms. The van der Waals surface area contributed by atoms with Crippen LogP contribution in [0.3, 0.4) is 0 Å². The van der Waals surface area contributed by atoms with Gasteiger partial charge in [0.25, 0.3) is 0 Å². The van der Waals surface area contributed by atoms with E-state index in [1.165, 1.54) is 18.7 Å². The largest absolute Gasteiger partial charge is 0.314 e. The maximum Gasteiger partial charge on any atom is 0.0440 e. The van der Waals surface area contributed by atoms with Gasteiger partial charge in [-0.15, -0.1) is 0 Å². The molecule has 0 aromatic heterocycles. The van der Waals surface area contributed by atoms with Gasteiger partial charge in [-0.3, -0.25) is 0 Å². The molecule has 0 aliphatic carbocycles. The molecule has 0 spiro atoms. The summed E-state index contributed by atoms with van der Waals surface area (Å²) in [5, 5.41) is 4.94. The quantitative estimate of drug-likeness (QED) is 0.573. The van der Waals surface area contributed by atoms with E-state index in [9.17, 15) is 0 Å². The zero-order valence-corrected chi connectivity index (χ0v) is 6.05. The van der Waals surface area contributed by atoms with Crippen LogP contribution in [0.1, 0.15) is 13.3 Å². The predicted molar refractivity (Wildman–Crippen MR) is 38.9 cm³/mol. The number of hydrogen-bond acceptors (Lipinski definition) is 2. The molecule has 0 aromatic rings. The summed E-state index contributed by atoms with van der Waals surface area (Å²) < 4.78 is 0. The van der Waals surface area contributed by atoms with Gasteiger partial charge in [0.05, 0.1) is 0 Å². The van der Waals surface area contributed by atoms with Crippen molar-refractivity contribution in [2.24, 2.45) is 0 Å². The molecule has 0 saturated carbocycles. The van der Waals surface area contributed by atoms with Crippen LogP contribution in [0.15, 0.2) is 0 Å². The van der Waals surface area contributed by atoms with Gasteiger partial charge in [0.15, 0.2) is 0 Å². The lowest BCUT2D eigenvalue weighted by molar-refractivity contribution is 0.727. The molecule has 1 rings (SSSR count). The van der Waals surface area contributed by atoms with Crippen LogP contribution in [-0.2, 0) is 0 Å². The molecule has 0 unspecified atom stereocenters. The Labute approximate surface area is 55.2 Å². The molecule has 1 fully saturated rings. The predicted octanol–water partition coefficient (Wildman–Crippen LogP) is 1.26. The van der Waals surface area contributed by atoms with Gasteiger partial charge < -0.3 is 5.32 Å². The van der Waals surface area contributed by atoms with E-state index in [2.05, 4.69) is 12.2 Å². The van der Waals surface area contributed by atoms with Gasteiger partial charge >= 0.3 is 0 Å². The maximum absolute atomic E-state index is 3.33. The summed E-state index contributed by atoms with van der Waals surface area (Å²) in [4.78, 5) is 0. The van der Waals surface area contributed by atoms with Gasteiger partial charge in [-0.25, -0.2) is 0 Å². The van der Waals surface area contributed by atoms with E-state index in [1.807, 2.05) is 11.8 Å². The van der Waals surface area contributed by atoms with Crippen LogP contribution in [0.2, 0.25) is 0 Å². The maximum atomic E-state index is 3.33. The average Bonchev–Trinajstić information content (AvgIpc) is 1.90. The van der Waals surface area contributed by atoms with Crippen LogP contribution in [0, 0.1) is 5.25 Å². The molecule has 1 saturated heterocycles. The van der Waals surface area contributed by atoms with Crippen molar-refractivity contribution in [3.8, 4) is 0 Å². The summed E-state index contributed by atoms with van der Waals surface area (Å²) in [5.41, 5.74) is 0. The Morgan fingerprint density at radius 2 is 2.62 bits per heavy atom. The van der Waals surface area contributed by atoms with Gasteiger partial charge in [0.2, 0.25) is 0 Å². The normalized spacial score (nSPS) is 23.6. The van der Waals surface area contributed by atoms with Gasteiger partial charge in [-0.2, -0.15) is 11.8 Å². The molecule has 0 amide bonds. The number of hydrogen-bond donors (Lipinski definition) is 1. The minimum Gasteiger partial charge on any atom is -0.314 e. The summed E-state index contributed by atoms with van der Waals surface area (Å²) in [6.07, 6.45) is 1.23. The third-order valence-corrected chi connectivity index (χ3v) is 2.55. The van der Waals surface area contributed by atoms with E-state index in [1.54, 1.807) is 5.25 Å². The first kappa shape index (κ1) is 6.43. The Kier molecular flexibility index (Phi) is 2.70. The van der Waals surface area contributed by atoms with Crippen molar-refractivity contribution in [2.45, 2.75) is 13.3 Å². The Morgan fingerprint density at radius 1 is 1.75 bits per heavy atom. The minimum atomic E-state index is 1.14. The van der Waals surface area contributed by atoms with Gasteiger partial charge in [0.1, 0.15) is 0 Å². The lowest BCUT2D eigenvalue weighted by Crippen LogP contribution is -2.27. The highest BCUT2D eigenvalue weighted by atomic mass is 32.2. The highest BCUT2D eigenvalue weighted by Gasteiger charge is 2.10. The van der Waals surface area contributed by atoms with Crippen molar-refractivity contribution in [1.29, 1.82) is 0 Å². The van der Waals surface area contributed by atoms with Crippen molar-refractivity contribution < 1.29 is 0 Å². The molecule has 0 aromatic carbocycles. The van der Waals surface area contributed by atoms with Crippen molar-refractivity contribution >= 4 is 11.8 Å². The van der Waals surface area contributed by atoms with E-state index < -0.39 is 0 Å². The fourth-order valence-corrected chi connectivity index (χ4v) is 1.72. The summed E-state index contributed by atoms with van der Waals surface area (Å²) >= 11 is 2.02. The van der Waals surface area contributed by atoms with E-state index >= 15 is 0 Å². The molecule has 47 valence electrons. The van der Waals surface area contributed by atoms with Crippen molar-refractivity contribution in [1.82, 2.24) is 5.32 Å². The van der Waals surface area contributed by atoms with Gasteiger partial charge in [-0.05, 0) is 6.42 Å². The zero-order valence-electron chi connectivity index (χ0n) is 5.24. The van der Waals surface area contributed by atoms with E-state index in [-0.39, 0.29) is 0 Å². The zero-order chi connectivity index (χ0) is 5.82. The topological polar surface area (TPSA) is 12.0 Å². The van der Waals surface area contributed by atoms with Crippen molar-refractivity contribution in [2.75, 3.05) is 18.8 Å². The van der Waals surface area contributed by atoms with Crippen molar-refractivity contribution in [3.05, 3.63) is 5.25 Å². The lowest BCUT2D eigenvalue weighted by Gasteiger charge is -2.19. The Balaban J connectivity index is 2.13. The summed E-state index contributed by atoms with van der Waals surface area (Å²) in [6.45, 7) is 4.55. The summed E-state index contributed by atoms with van der Waals surface area (Å²) in [7, 11) is 0. The van der Waals surface area contributed by atoms with Crippen LogP contribution in [0.4, 0.5) is 0 Å². The second-order valence-corrected chi connectivity index (χ2v) is 3.19. The van der Waals surface area contributed by atoms with Gasteiger partial charge in [-0.1, -0.05) is 6.92 Å². The molecule has 1 aliphatic heterocycles. The molecular formula is C6H12NS. The highest BCUT2D eigenvalue weighted by molar-refractivity contribution is 8.02.